The maximum atomic E-state index is 12.6. The fourth-order valence-electron chi connectivity index (χ4n) is 2.47. The third kappa shape index (κ3) is 3.95. The van der Waals surface area contributed by atoms with Gasteiger partial charge in [0, 0.05) is 11.6 Å². The largest absolute Gasteiger partial charge is 0.480 e. The van der Waals surface area contributed by atoms with Crippen LogP contribution in [0.25, 0.3) is 0 Å². The zero-order valence-corrected chi connectivity index (χ0v) is 13.9. The number of carbonyl (C=O) groups is 3. The van der Waals surface area contributed by atoms with Crippen LogP contribution in [0.3, 0.4) is 0 Å². The van der Waals surface area contributed by atoms with Crippen molar-refractivity contribution in [2.24, 2.45) is 0 Å². The van der Waals surface area contributed by atoms with E-state index in [1.807, 2.05) is 0 Å². The highest BCUT2D eigenvalue weighted by molar-refractivity contribution is 6.35. The molecule has 124 valence electrons. The summed E-state index contributed by atoms with van der Waals surface area (Å²) in [6.45, 7) is 1.77. The molecule has 0 bridgehead atoms. The highest BCUT2D eigenvalue weighted by Crippen LogP contribution is 2.26. The Balaban J connectivity index is 2.18. The van der Waals surface area contributed by atoms with Gasteiger partial charge in [0.1, 0.15) is 12.1 Å². The molecule has 6 nitrogen and oxygen atoms in total. The summed E-state index contributed by atoms with van der Waals surface area (Å²) in [7, 11) is 0. The molecule has 8 heteroatoms. The zero-order chi connectivity index (χ0) is 17.1. The molecule has 2 N–H and O–H groups in total. The summed E-state index contributed by atoms with van der Waals surface area (Å²) in [5, 5.41) is 11.9. The summed E-state index contributed by atoms with van der Waals surface area (Å²) in [4.78, 5) is 37.1. The van der Waals surface area contributed by atoms with Crippen LogP contribution in [0, 0.1) is 0 Å². The average molecular weight is 359 g/mol. The molecule has 1 aliphatic heterocycles. The number of nitrogens with zero attached hydrogens (tertiary/aromatic N) is 1. The molecule has 1 aromatic carbocycles. The number of amides is 2. The Bertz CT molecular complexity index is 650. The number of carboxylic acids is 1. The summed E-state index contributed by atoms with van der Waals surface area (Å²) in [6.07, 6.45) is 1.13. The number of benzene rings is 1. The van der Waals surface area contributed by atoms with Gasteiger partial charge < -0.3 is 15.3 Å². The van der Waals surface area contributed by atoms with Crippen molar-refractivity contribution in [1.82, 2.24) is 10.2 Å². The van der Waals surface area contributed by atoms with Crippen molar-refractivity contribution in [3.63, 3.8) is 0 Å². The first kappa shape index (κ1) is 17.6. The molecule has 1 fully saturated rings. The maximum absolute atomic E-state index is 12.6. The van der Waals surface area contributed by atoms with Crippen molar-refractivity contribution in [1.29, 1.82) is 0 Å². The number of rotatable bonds is 4. The lowest BCUT2D eigenvalue weighted by Gasteiger charge is -2.25. The number of hydrogen-bond donors (Lipinski definition) is 2. The molecular formula is C15H16Cl2N2O4. The smallest absolute Gasteiger partial charge is 0.325 e. The molecule has 0 spiro atoms. The molecule has 2 rings (SSSR count). The van der Waals surface area contributed by atoms with Crippen molar-refractivity contribution < 1.29 is 19.5 Å². The van der Waals surface area contributed by atoms with Crippen LogP contribution in [-0.4, -0.2) is 46.4 Å². The molecule has 2 amide bonds. The molecule has 0 saturated carbocycles. The number of aliphatic carboxylic acids is 1. The Morgan fingerprint density at radius 2 is 2.04 bits per heavy atom. The second-order valence-corrected chi connectivity index (χ2v) is 6.19. The molecule has 0 radical (unpaired) electrons. The second-order valence-electron chi connectivity index (χ2n) is 5.35. The van der Waals surface area contributed by atoms with Gasteiger partial charge in [0.2, 0.25) is 5.91 Å². The third-order valence-electron chi connectivity index (χ3n) is 3.70. The number of halogens is 2. The zero-order valence-electron chi connectivity index (χ0n) is 12.4. The van der Waals surface area contributed by atoms with Gasteiger partial charge in [-0.15, -0.1) is 0 Å². The number of carbonyl (C=O) groups excluding carboxylic acids is 2. The monoisotopic (exact) mass is 358 g/mol. The van der Waals surface area contributed by atoms with E-state index in [0.29, 0.717) is 24.4 Å². The van der Waals surface area contributed by atoms with Crippen LogP contribution in [0.1, 0.15) is 30.1 Å². The van der Waals surface area contributed by atoms with E-state index in [2.05, 4.69) is 5.32 Å². The first-order chi connectivity index (χ1) is 10.8. The second kappa shape index (κ2) is 7.19. The SMILES string of the molecule is C[C@H](NC(=O)C1CCCN1C(=O)c1cc(Cl)ccc1Cl)C(=O)O. The Morgan fingerprint density at radius 3 is 2.70 bits per heavy atom. The number of carboxylic acid groups (broad SMARTS) is 1. The van der Waals surface area contributed by atoms with E-state index in [1.54, 1.807) is 6.07 Å². The van der Waals surface area contributed by atoms with Gasteiger partial charge in [0.05, 0.1) is 10.6 Å². The molecule has 1 aliphatic rings. The van der Waals surface area contributed by atoms with Crippen LogP contribution in [0.4, 0.5) is 0 Å². The highest BCUT2D eigenvalue weighted by atomic mass is 35.5. The van der Waals surface area contributed by atoms with E-state index in [9.17, 15) is 14.4 Å². The Hall–Kier alpha value is -1.79. The summed E-state index contributed by atoms with van der Waals surface area (Å²) in [6, 6.07) is 2.83. The topological polar surface area (TPSA) is 86.7 Å². The maximum Gasteiger partial charge on any atom is 0.325 e. The lowest BCUT2D eigenvalue weighted by molar-refractivity contribution is -0.141. The standard InChI is InChI=1S/C15H16Cl2N2O4/c1-8(15(22)23)18-13(20)12-3-2-6-19(12)14(21)10-7-9(16)4-5-11(10)17/h4-5,7-8,12H,2-3,6H2,1H3,(H,18,20)(H,22,23)/t8-,12?/m0/s1. The third-order valence-corrected chi connectivity index (χ3v) is 4.27. The molecular weight excluding hydrogens is 343 g/mol. The van der Waals surface area contributed by atoms with Gasteiger partial charge in [0.25, 0.3) is 5.91 Å². The van der Waals surface area contributed by atoms with E-state index in [1.165, 1.54) is 24.0 Å². The van der Waals surface area contributed by atoms with Crippen LogP contribution in [0.2, 0.25) is 10.0 Å². The van der Waals surface area contributed by atoms with Gasteiger partial charge in [0.15, 0.2) is 0 Å². The summed E-state index contributed by atoms with van der Waals surface area (Å²) in [5.74, 6) is -2.01. The minimum atomic E-state index is -1.13. The van der Waals surface area contributed by atoms with Gasteiger partial charge in [-0.1, -0.05) is 23.2 Å². The van der Waals surface area contributed by atoms with Crippen LogP contribution in [-0.2, 0) is 9.59 Å². The van der Waals surface area contributed by atoms with Crippen LogP contribution in [0.5, 0.6) is 0 Å². The summed E-state index contributed by atoms with van der Waals surface area (Å²) < 4.78 is 0. The lowest BCUT2D eigenvalue weighted by atomic mass is 10.1. The molecule has 0 aliphatic carbocycles. The molecule has 1 unspecified atom stereocenters. The quantitative estimate of drug-likeness (QED) is 0.863. The van der Waals surface area contributed by atoms with E-state index >= 15 is 0 Å². The van der Waals surface area contributed by atoms with Crippen molar-refractivity contribution in [2.45, 2.75) is 31.8 Å². The van der Waals surface area contributed by atoms with Crippen LogP contribution < -0.4 is 5.32 Å². The van der Waals surface area contributed by atoms with E-state index in [0.717, 1.165) is 0 Å². The number of hydrogen-bond acceptors (Lipinski definition) is 3. The van der Waals surface area contributed by atoms with E-state index in [-0.39, 0.29) is 10.6 Å². The molecule has 23 heavy (non-hydrogen) atoms. The highest BCUT2D eigenvalue weighted by Gasteiger charge is 2.36. The predicted molar refractivity (Wildman–Crippen MR) is 85.8 cm³/mol. The summed E-state index contributed by atoms with van der Waals surface area (Å²) >= 11 is 11.9. The van der Waals surface area contributed by atoms with Crippen LogP contribution in [0.15, 0.2) is 18.2 Å². The van der Waals surface area contributed by atoms with Crippen LogP contribution >= 0.6 is 23.2 Å². The number of likely N-dealkylation sites (tertiary alicyclic amines) is 1. The van der Waals surface area contributed by atoms with Gasteiger partial charge in [-0.05, 0) is 38.0 Å². The molecule has 1 saturated heterocycles. The van der Waals surface area contributed by atoms with Gasteiger partial charge in [-0.25, -0.2) is 0 Å². The summed E-state index contributed by atoms with van der Waals surface area (Å²) in [5.41, 5.74) is 0.227. The van der Waals surface area contributed by atoms with Gasteiger partial charge in [-0.2, -0.15) is 0 Å². The fourth-order valence-corrected chi connectivity index (χ4v) is 2.84. The lowest BCUT2D eigenvalue weighted by Crippen LogP contribution is -2.50. The molecule has 1 aromatic rings. The normalized spacial score (nSPS) is 18.6. The first-order valence-corrected chi connectivity index (χ1v) is 7.86. The minimum Gasteiger partial charge on any atom is -0.480 e. The van der Waals surface area contributed by atoms with E-state index in [4.69, 9.17) is 28.3 Å². The number of nitrogens with one attached hydrogen (secondary N) is 1. The Morgan fingerprint density at radius 1 is 1.35 bits per heavy atom. The molecule has 2 atom stereocenters. The predicted octanol–water partition coefficient (Wildman–Crippen LogP) is 2.19. The van der Waals surface area contributed by atoms with E-state index < -0.39 is 29.9 Å². The molecule has 0 aromatic heterocycles. The Kier molecular flexibility index (Phi) is 5.49. The first-order valence-electron chi connectivity index (χ1n) is 7.10. The minimum absolute atomic E-state index is 0.227. The van der Waals surface area contributed by atoms with Crippen molar-refractivity contribution >= 4 is 41.0 Å². The molecule has 1 heterocycles. The van der Waals surface area contributed by atoms with Crippen molar-refractivity contribution in [2.75, 3.05) is 6.54 Å². The Labute approximate surface area is 143 Å². The van der Waals surface area contributed by atoms with Gasteiger partial charge >= 0.3 is 5.97 Å². The van der Waals surface area contributed by atoms with Crippen molar-refractivity contribution in [3.05, 3.63) is 33.8 Å². The van der Waals surface area contributed by atoms with Gasteiger partial charge in [-0.3, -0.25) is 14.4 Å². The fraction of sp³-hybridized carbons (Fsp3) is 0.400. The average Bonchev–Trinajstić information content (AvgIpc) is 2.98. The van der Waals surface area contributed by atoms with Crippen molar-refractivity contribution in [3.8, 4) is 0 Å².